The number of rotatable bonds is 3. The number of para-hydroxylation sites is 1. The Balaban J connectivity index is 2.08. The standard InChI is InChI=1S/C15H13NO/c16-11-13-5-3-4-12(10-13)8-9-14-6-1-2-7-15(14)17/h1-7,10,17H,8-9H2. The molecular weight excluding hydrogens is 210 g/mol. The predicted molar refractivity (Wildman–Crippen MR) is 66.7 cm³/mol. The van der Waals surface area contributed by atoms with E-state index in [4.69, 9.17) is 5.26 Å². The largest absolute Gasteiger partial charge is 0.508 e. The van der Waals surface area contributed by atoms with Gasteiger partial charge < -0.3 is 5.11 Å². The van der Waals surface area contributed by atoms with Crippen LogP contribution in [0.25, 0.3) is 0 Å². The average molecular weight is 223 g/mol. The lowest BCUT2D eigenvalue weighted by Gasteiger charge is -2.04. The summed E-state index contributed by atoms with van der Waals surface area (Å²) >= 11 is 0. The highest BCUT2D eigenvalue weighted by Crippen LogP contribution is 2.18. The van der Waals surface area contributed by atoms with Crippen LogP contribution in [0.3, 0.4) is 0 Å². The second-order valence-corrected chi connectivity index (χ2v) is 3.94. The average Bonchev–Trinajstić information content (AvgIpc) is 2.38. The van der Waals surface area contributed by atoms with Gasteiger partial charge in [0.1, 0.15) is 5.75 Å². The van der Waals surface area contributed by atoms with Gasteiger partial charge in [0.05, 0.1) is 11.6 Å². The molecule has 0 spiro atoms. The van der Waals surface area contributed by atoms with Crippen LogP contribution in [0, 0.1) is 11.3 Å². The van der Waals surface area contributed by atoms with E-state index in [0.717, 1.165) is 24.0 Å². The molecule has 84 valence electrons. The smallest absolute Gasteiger partial charge is 0.118 e. The van der Waals surface area contributed by atoms with Gasteiger partial charge in [-0.25, -0.2) is 0 Å². The van der Waals surface area contributed by atoms with E-state index in [-0.39, 0.29) is 0 Å². The molecule has 0 saturated heterocycles. The Kier molecular flexibility index (Phi) is 3.42. The normalized spacial score (nSPS) is 9.82. The number of aromatic hydroxyl groups is 1. The SMILES string of the molecule is N#Cc1cccc(CCc2ccccc2O)c1. The highest BCUT2D eigenvalue weighted by molar-refractivity contribution is 5.35. The van der Waals surface area contributed by atoms with Gasteiger partial charge in [-0.3, -0.25) is 0 Å². The molecule has 17 heavy (non-hydrogen) atoms. The third kappa shape index (κ3) is 2.85. The molecule has 0 radical (unpaired) electrons. The van der Waals surface area contributed by atoms with E-state index in [2.05, 4.69) is 6.07 Å². The van der Waals surface area contributed by atoms with Crippen LogP contribution in [-0.2, 0) is 12.8 Å². The van der Waals surface area contributed by atoms with Crippen molar-refractivity contribution < 1.29 is 5.11 Å². The lowest BCUT2D eigenvalue weighted by atomic mass is 10.0. The number of nitriles is 1. The zero-order valence-electron chi connectivity index (χ0n) is 9.43. The highest BCUT2D eigenvalue weighted by atomic mass is 16.3. The summed E-state index contributed by atoms with van der Waals surface area (Å²) in [5.74, 6) is 0.337. The van der Waals surface area contributed by atoms with Crippen LogP contribution in [0.5, 0.6) is 5.75 Å². The Morgan fingerprint density at radius 3 is 2.59 bits per heavy atom. The topological polar surface area (TPSA) is 44.0 Å². The molecular formula is C15H13NO. The maximum atomic E-state index is 9.64. The van der Waals surface area contributed by atoms with Gasteiger partial charge in [0.2, 0.25) is 0 Å². The molecule has 0 aliphatic heterocycles. The van der Waals surface area contributed by atoms with Crippen molar-refractivity contribution in [2.45, 2.75) is 12.8 Å². The third-order valence-electron chi connectivity index (χ3n) is 2.73. The zero-order chi connectivity index (χ0) is 12.1. The fourth-order valence-electron chi connectivity index (χ4n) is 1.80. The van der Waals surface area contributed by atoms with Crippen LogP contribution in [0.1, 0.15) is 16.7 Å². The second kappa shape index (κ2) is 5.18. The summed E-state index contributed by atoms with van der Waals surface area (Å²) in [5.41, 5.74) is 2.74. The molecule has 0 atom stereocenters. The second-order valence-electron chi connectivity index (χ2n) is 3.94. The van der Waals surface area contributed by atoms with Crippen LogP contribution < -0.4 is 0 Å². The van der Waals surface area contributed by atoms with Crippen molar-refractivity contribution >= 4 is 0 Å². The molecule has 0 amide bonds. The van der Waals surface area contributed by atoms with Crippen LogP contribution in [0.4, 0.5) is 0 Å². The Hall–Kier alpha value is -2.27. The lowest BCUT2D eigenvalue weighted by Crippen LogP contribution is -1.92. The van der Waals surface area contributed by atoms with E-state index in [0.29, 0.717) is 11.3 Å². The van der Waals surface area contributed by atoms with Gasteiger partial charge in [0, 0.05) is 0 Å². The van der Waals surface area contributed by atoms with Crippen molar-refractivity contribution in [3.8, 4) is 11.8 Å². The van der Waals surface area contributed by atoms with Crippen molar-refractivity contribution in [3.05, 3.63) is 65.2 Å². The number of aryl methyl sites for hydroxylation is 2. The minimum absolute atomic E-state index is 0.337. The van der Waals surface area contributed by atoms with Gasteiger partial charge >= 0.3 is 0 Å². The van der Waals surface area contributed by atoms with E-state index in [9.17, 15) is 5.11 Å². The molecule has 0 fully saturated rings. The maximum Gasteiger partial charge on any atom is 0.118 e. The number of nitrogens with zero attached hydrogens (tertiary/aromatic N) is 1. The van der Waals surface area contributed by atoms with Crippen LogP contribution >= 0.6 is 0 Å². The number of hydrogen-bond donors (Lipinski definition) is 1. The van der Waals surface area contributed by atoms with E-state index < -0.39 is 0 Å². The summed E-state index contributed by atoms with van der Waals surface area (Å²) in [6, 6.07) is 17.0. The van der Waals surface area contributed by atoms with Gasteiger partial charge in [-0.1, -0.05) is 30.3 Å². The fraction of sp³-hybridized carbons (Fsp3) is 0.133. The highest BCUT2D eigenvalue weighted by Gasteiger charge is 2.01. The molecule has 2 aromatic carbocycles. The van der Waals surface area contributed by atoms with Gasteiger partial charge in [-0.05, 0) is 42.2 Å². The summed E-state index contributed by atoms with van der Waals surface area (Å²) in [5, 5.41) is 18.4. The van der Waals surface area contributed by atoms with Crippen molar-refractivity contribution in [1.29, 1.82) is 5.26 Å². The van der Waals surface area contributed by atoms with E-state index in [1.54, 1.807) is 12.1 Å². The molecule has 2 heteroatoms. The van der Waals surface area contributed by atoms with Crippen molar-refractivity contribution in [1.82, 2.24) is 0 Å². The molecule has 2 rings (SSSR count). The summed E-state index contributed by atoms with van der Waals surface area (Å²) < 4.78 is 0. The monoisotopic (exact) mass is 223 g/mol. The quantitative estimate of drug-likeness (QED) is 0.869. The number of phenols is 1. The third-order valence-corrected chi connectivity index (χ3v) is 2.73. The zero-order valence-corrected chi connectivity index (χ0v) is 9.43. The summed E-state index contributed by atoms with van der Waals surface area (Å²) in [6.07, 6.45) is 1.61. The van der Waals surface area contributed by atoms with Crippen molar-refractivity contribution in [3.63, 3.8) is 0 Å². The molecule has 0 unspecified atom stereocenters. The van der Waals surface area contributed by atoms with Gasteiger partial charge in [-0.15, -0.1) is 0 Å². The molecule has 0 aliphatic carbocycles. The molecule has 0 aromatic heterocycles. The molecule has 2 nitrogen and oxygen atoms in total. The molecule has 0 heterocycles. The maximum absolute atomic E-state index is 9.64. The van der Waals surface area contributed by atoms with Crippen LogP contribution in [0.15, 0.2) is 48.5 Å². The first-order valence-electron chi connectivity index (χ1n) is 5.55. The summed E-state index contributed by atoms with van der Waals surface area (Å²) in [6.45, 7) is 0. The van der Waals surface area contributed by atoms with Crippen molar-refractivity contribution in [2.24, 2.45) is 0 Å². The first kappa shape index (κ1) is 11.2. The van der Waals surface area contributed by atoms with Crippen LogP contribution in [0.2, 0.25) is 0 Å². The molecule has 0 aliphatic rings. The molecule has 0 saturated carbocycles. The Morgan fingerprint density at radius 2 is 1.82 bits per heavy atom. The first-order valence-corrected chi connectivity index (χ1v) is 5.55. The Labute approximate surface area is 101 Å². The number of phenolic OH excluding ortho intramolecular Hbond substituents is 1. The minimum Gasteiger partial charge on any atom is -0.508 e. The first-order chi connectivity index (χ1) is 8.29. The number of benzene rings is 2. The van der Waals surface area contributed by atoms with Crippen molar-refractivity contribution in [2.75, 3.05) is 0 Å². The van der Waals surface area contributed by atoms with Gasteiger partial charge in [0.25, 0.3) is 0 Å². The number of hydrogen-bond acceptors (Lipinski definition) is 2. The Bertz CT molecular complexity index is 555. The molecule has 2 aromatic rings. The van der Waals surface area contributed by atoms with Crippen LogP contribution in [-0.4, -0.2) is 5.11 Å². The van der Waals surface area contributed by atoms with E-state index in [1.807, 2.05) is 36.4 Å². The Morgan fingerprint density at radius 1 is 1.00 bits per heavy atom. The molecule has 0 bridgehead atoms. The fourth-order valence-corrected chi connectivity index (χ4v) is 1.80. The van der Waals surface area contributed by atoms with Gasteiger partial charge in [-0.2, -0.15) is 5.26 Å². The van der Waals surface area contributed by atoms with E-state index in [1.165, 1.54) is 0 Å². The predicted octanol–water partition coefficient (Wildman–Crippen LogP) is 3.05. The summed E-state index contributed by atoms with van der Waals surface area (Å²) in [4.78, 5) is 0. The van der Waals surface area contributed by atoms with E-state index >= 15 is 0 Å². The summed E-state index contributed by atoms with van der Waals surface area (Å²) in [7, 11) is 0. The van der Waals surface area contributed by atoms with Gasteiger partial charge in [0.15, 0.2) is 0 Å². The molecule has 1 N–H and O–H groups in total. The lowest BCUT2D eigenvalue weighted by molar-refractivity contribution is 0.468. The minimum atomic E-state index is 0.337.